The molecule has 14 heteroatoms. The summed E-state index contributed by atoms with van der Waals surface area (Å²) < 4.78 is 19.1. The number of halogens is 1. The molecule has 13 nitrogen and oxygen atoms in total. The fraction of sp³-hybridized carbons (Fsp3) is 0.429. The maximum Gasteiger partial charge on any atom is 0.341 e. The average molecular weight is 669 g/mol. The van der Waals surface area contributed by atoms with Crippen molar-refractivity contribution in [1.29, 1.82) is 0 Å². The van der Waals surface area contributed by atoms with E-state index in [-0.39, 0.29) is 22.8 Å². The van der Waals surface area contributed by atoms with Crippen LogP contribution in [0.25, 0.3) is 22.2 Å². The summed E-state index contributed by atoms with van der Waals surface area (Å²) in [5, 5.41) is 12.8. The van der Waals surface area contributed by atoms with Crippen LogP contribution in [0.15, 0.2) is 41.6 Å². The average Bonchev–Trinajstić information content (AvgIpc) is 3.85. The molecule has 5 aromatic rings. The van der Waals surface area contributed by atoms with E-state index >= 15 is 4.39 Å². The number of aromatic carboxylic acids is 1. The number of carboxylic acids is 1. The lowest BCUT2D eigenvalue weighted by Gasteiger charge is -2.35. The van der Waals surface area contributed by atoms with Gasteiger partial charge in [0.25, 0.3) is 0 Å². The molecule has 0 bridgehead atoms. The summed E-state index contributed by atoms with van der Waals surface area (Å²) in [6, 6.07) is 7.45. The van der Waals surface area contributed by atoms with E-state index in [4.69, 9.17) is 10.7 Å². The number of unbranched alkanes of at least 4 members (excludes halogenated alkanes) is 2. The summed E-state index contributed by atoms with van der Waals surface area (Å²) in [5.41, 5.74) is 10.3. The normalized spacial score (nSPS) is 15.4. The number of anilines is 4. The van der Waals surface area contributed by atoms with Crippen molar-refractivity contribution in [2.45, 2.75) is 65.0 Å². The second-order valence-electron chi connectivity index (χ2n) is 13.0. The van der Waals surface area contributed by atoms with Gasteiger partial charge in [-0.25, -0.2) is 19.2 Å². The molecule has 2 aliphatic rings. The zero-order chi connectivity index (χ0) is 34.2. The van der Waals surface area contributed by atoms with Crippen molar-refractivity contribution in [3.05, 3.63) is 69.5 Å². The van der Waals surface area contributed by atoms with Gasteiger partial charge in [0.2, 0.25) is 11.4 Å². The molecule has 4 N–H and O–H groups in total. The lowest BCUT2D eigenvalue weighted by Crippen LogP contribution is -2.47. The van der Waals surface area contributed by atoms with Crippen LogP contribution in [-0.4, -0.2) is 77.8 Å². The zero-order valence-electron chi connectivity index (χ0n) is 27.8. The highest BCUT2D eigenvalue weighted by molar-refractivity contribution is 5.92. The van der Waals surface area contributed by atoms with Crippen LogP contribution >= 0.6 is 0 Å². The molecule has 0 amide bonds. The van der Waals surface area contributed by atoms with Crippen LogP contribution in [-0.2, 0) is 13.0 Å². The number of nitrogens with zero attached hydrogens (tertiary/aromatic N) is 8. The Morgan fingerprint density at radius 3 is 2.55 bits per heavy atom. The van der Waals surface area contributed by atoms with Crippen LogP contribution < -0.4 is 21.4 Å². The first kappa shape index (κ1) is 32.4. The molecule has 0 spiro atoms. The third-order valence-corrected chi connectivity index (χ3v) is 9.63. The number of piperazine rings is 1. The monoisotopic (exact) mass is 668 g/mol. The third-order valence-electron chi connectivity index (χ3n) is 9.63. The number of fused-ring (bicyclic) bond motifs is 2. The first-order chi connectivity index (χ1) is 23.7. The molecule has 0 unspecified atom stereocenters. The van der Waals surface area contributed by atoms with Crippen molar-refractivity contribution in [2.24, 2.45) is 0 Å². The predicted molar refractivity (Wildman–Crippen MR) is 187 cm³/mol. The lowest BCUT2D eigenvalue weighted by molar-refractivity contribution is 0.0694. The molecule has 1 aromatic carbocycles. The molecule has 1 saturated heterocycles. The largest absolute Gasteiger partial charge is 0.477 e. The topological polar surface area (TPSA) is 160 Å². The van der Waals surface area contributed by atoms with Gasteiger partial charge in [0.1, 0.15) is 16.7 Å². The van der Waals surface area contributed by atoms with E-state index in [1.54, 1.807) is 10.9 Å². The third kappa shape index (κ3) is 6.64. The number of aromatic nitrogens is 6. The standard InChI is InChI=1S/C35H41FN10O3/c1-3-22-17-23(8-7-21(22)2)39-35-40-30(37)28-33(42-35)45(20-38-28)12-6-4-5-11-43-13-15-44(16-14-43)32-27(36)18-25-29(47)26(34(48)49)19-46(24-9-10-24)31(25)41-32/h7-8,17-20,24H,3-6,9-16H2,1-2H3,(H,48,49)(H3,37,39,40,42). The van der Waals surface area contributed by atoms with Crippen LogP contribution in [0.5, 0.6) is 0 Å². The van der Waals surface area contributed by atoms with E-state index in [2.05, 4.69) is 51.1 Å². The number of pyridine rings is 2. The molecule has 4 aromatic heterocycles. The van der Waals surface area contributed by atoms with Gasteiger partial charge in [-0.15, -0.1) is 0 Å². The fourth-order valence-electron chi connectivity index (χ4n) is 6.67. The Labute approximate surface area is 282 Å². The smallest absolute Gasteiger partial charge is 0.341 e. The van der Waals surface area contributed by atoms with Crippen LogP contribution in [0, 0.1) is 12.7 Å². The lowest BCUT2D eigenvalue weighted by atomic mass is 10.1. The van der Waals surface area contributed by atoms with Crippen LogP contribution in [0.3, 0.4) is 0 Å². The van der Waals surface area contributed by atoms with Gasteiger partial charge < -0.3 is 30.2 Å². The molecular weight excluding hydrogens is 627 g/mol. The molecule has 49 heavy (non-hydrogen) atoms. The number of nitrogen functional groups attached to an aromatic ring is 1. The SMILES string of the molecule is CCc1cc(Nc2nc(N)c3ncn(CCCCCN4CCN(c5nc6c(cc5F)c(=O)c(C(=O)O)cn6C5CC5)CC4)c3n2)ccc1C. The molecule has 7 rings (SSSR count). The molecular formula is C35H41FN10O3. The highest BCUT2D eigenvalue weighted by Crippen LogP contribution is 2.37. The number of nitrogens with one attached hydrogen (secondary N) is 1. The Morgan fingerprint density at radius 2 is 1.82 bits per heavy atom. The van der Waals surface area contributed by atoms with Gasteiger partial charge >= 0.3 is 5.97 Å². The van der Waals surface area contributed by atoms with Crippen molar-refractivity contribution in [3.8, 4) is 0 Å². The predicted octanol–water partition coefficient (Wildman–Crippen LogP) is 4.90. The van der Waals surface area contributed by atoms with Gasteiger partial charge in [0.05, 0.1) is 11.7 Å². The molecule has 1 aliphatic heterocycles. The van der Waals surface area contributed by atoms with E-state index < -0.39 is 17.2 Å². The number of benzene rings is 1. The quantitative estimate of drug-likeness (QED) is 0.155. The van der Waals surface area contributed by atoms with Gasteiger partial charge in [-0.3, -0.25) is 9.69 Å². The molecule has 1 aliphatic carbocycles. The molecule has 256 valence electrons. The summed E-state index contributed by atoms with van der Waals surface area (Å²) in [6.07, 6.45) is 8.82. The molecule has 1 saturated carbocycles. The minimum absolute atomic E-state index is 0.0103. The Bertz CT molecular complexity index is 2100. The Kier molecular flexibility index (Phi) is 8.88. The van der Waals surface area contributed by atoms with Crippen molar-refractivity contribution < 1.29 is 14.3 Å². The number of carbonyl (C=O) groups is 1. The number of hydrogen-bond acceptors (Lipinski definition) is 10. The van der Waals surface area contributed by atoms with E-state index in [1.807, 2.05) is 15.5 Å². The highest BCUT2D eigenvalue weighted by Gasteiger charge is 2.29. The van der Waals surface area contributed by atoms with E-state index in [0.717, 1.165) is 76.5 Å². The maximum absolute atomic E-state index is 15.3. The second-order valence-corrected chi connectivity index (χ2v) is 13.0. The summed E-state index contributed by atoms with van der Waals surface area (Å²) in [7, 11) is 0. The van der Waals surface area contributed by atoms with Crippen LogP contribution in [0.4, 0.5) is 27.7 Å². The second kappa shape index (κ2) is 13.4. The number of rotatable bonds is 12. The Balaban J connectivity index is 0.927. The maximum atomic E-state index is 15.3. The van der Waals surface area contributed by atoms with Gasteiger partial charge in [0.15, 0.2) is 23.1 Å². The van der Waals surface area contributed by atoms with E-state index in [0.29, 0.717) is 41.7 Å². The molecule has 0 atom stereocenters. The van der Waals surface area contributed by atoms with Crippen molar-refractivity contribution in [2.75, 3.05) is 48.7 Å². The van der Waals surface area contributed by atoms with Crippen LogP contribution in [0.1, 0.15) is 66.6 Å². The van der Waals surface area contributed by atoms with Gasteiger partial charge in [-0.1, -0.05) is 19.4 Å². The van der Waals surface area contributed by atoms with Crippen molar-refractivity contribution in [3.63, 3.8) is 0 Å². The van der Waals surface area contributed by atoms with Gasteiger partial charge in [-0.2, -0.15) is 9.97 Å². The Morgan fingerprint density at radius 1 is 1.04 bits per heavy atom. The summed E-state index contributed by atoms with van der Waals surface area (Å²) >= 11 is 0. The minimum Gasteiger partial charge on any atom is -0.477 e. The summed E-state index contributed by atoms with van der Waals surface area (Å²) in [5.74, 6) is -0.922. The molecule has 5 heterocycles. The number of carboxylic acid groups (broad SMARTS) is 1. The molecule has 2 fully saturated rings. The highest BCUT2D eigenvalue weighted by atomic mass is 19.1. The number of hydrogen-bond donors (Lipinski definition) is 3. The first-order valence-electron chi connectivity index (χ1n) is 17.0. The van der Waals surface area contributed by atoms with Crippen molar-refractivity contribution in [1.82, 2.24) is 34.0 Å². The molecule has 0 radical (unpaired) electrons. The zero-order valence-corrected chi connectivity index (χ0v) is 27.8. The van der Waals surface area contributed by atoms with Crippen LogP contribution in [0.2, 0.25) is 0 Å². The van der Waals surface area contributed by atoms with Gasteiger partial charge in [-0.05, 0) is 74.9 Å². The summed E-state index contributed by atoms with van der Waals surface area (Å²) in [4.78, 5) is 47.0. The minimum atomic E-state index is -1.32. The number of nitrogens with two attached hydrogens (primary N) is 1. The number of aryl methyl sites for hydroxylation is 3. The fourth-order valence-corrected chi connectivity index (χ4v) is 6.67. The van der Waals surface area contributed by atoms with E-state index in [1.165, 1.54) is 17.3 Å². The van der Waals surface area contributed by atoms with Crippen molar-refractivity contribution >= 4 is 51.4 Å². The number of imidazole rings is 1. The first-order valence-corrected chi connectivity index (χ1v) is 17.0. The Hall–Kier alpha value is -5.11. The van der Waals surface area contributed by atoms with Gasteiger partial charge in [0, 0.05) is 50.6 Å². The van der Waals surface area contributed by atoms with E-state index in [9.17, 15) is 14.7 Å². The summed E-state index contributed by atoms with van der Waals surface area (Å²) in [6.45, 7) is 8.69.